The van der Waals surface area contributed by atoms with Crippen molar-refractivity contribution in [1.29, 1.82) is 0 Å². The van der Waals surface area contributed by atoms with Gasteiger partial charge in [-0.1, -0.05) is 70.4 Å². The fourth-order valence-corrected chi connectivity index (χ4v) is 2.65. The first-order valence-electron chi connectivity index (χ1n) is 10.3. The van der Waals surface area contributed by atoms with Crippen LogP contribution < -0.4 is 0 Å². The van der Waals surface area contributed by atoms with Crippen LogP contribution in [0.4, 0.5) is 0 Å². The van der Waals surface area contributed by atoms with Crippen LogP contribution in [0.3, 0.4) is 0 Å². The summed E-state index contributed by atoms with van der Waals surface area (Å²) in [6.45, 7) is 1.77. The molecule has 1 unspecified atom stereocenters. The third-order valence-corrected chi connectivity index (χ3v) is 4.29. The number of allylic oxidation sites excluding steroid dienone is 2. The summed E-state index contributed by atoms with van der Waals surface area (Å²) in [5.74, 6) is -0.287. The third kappa shape index (κ3) is 21.9. The van der Waals surface area contributed by atoms with Crippen LogP contribution in [0.1, 0.15) is 96.8 Å². The van der Waals surface area contributed by atoms with Crippen molar-refractivity contribution < 1.29 is 42.1 Å². The van der Waals surface area contributed by atoms with Crippen molar-refractivity contribution in [2.24, 2.45) is 0 Å². The number of carbonyl (C=O) groups is 1. The van der Waals surface area contributed by atoms with Gasteiger partial charge < -0.3 is 14.9 Å². The summed E-state index contributed by atoms with van der Waals surface area (Å²) in [4.78, 5) is 11.4. The number of hydrogen-bond acceptors (Lipinski definition) is 4. The number of aliphatic hydroxyl groups is 2. The van der Waals surface area contributed by atoms with Crippen molar-refractivity contribution in [3.63, 3.8) is 0 Å². The van der Waals surface area contributed by atoms with Crippen molar-refractivity contribution in [2.75, 3.05) is 13.2 Å². The molecular weight excluding hydrogens is 424 g/mol. The Morgan fingerprint density at radius 2 is 1.38 bits per heavy atom. The van der Waals surface area contributed by atoms with E-state index in [0.29, 0.717) is 6.42 Å². The molecule has 26 heavy (non-hydrogen) atoms. The van der Waals surface area contributed by atoms with Crippen molar-refractivity contribution in [3.8, 4) is 0 Å². The van der Waals surface area contributed by atoms with Gasteiger partial charge in [0, 0.05) is 28.8 Å². The fourth-order valence-electron chi connectivity index (χ4n) is 2.65. The zero-order valence-electron chi connectivity index (χ0n) is 16.6. The molecule has 0 aliphatic carbocycles. The normalized spacial score (nSPS) is 12.1. The van der Waals surface area contributed by atoms with Crippen LogP contribution in [0, 0.1) is 0 Å². The molecule has 0 rings (SSSR count). The Morgan fingerprint density at radius 3 is 1.92 bits per heavy atom. The molecule has 1 radical (unpaired) electrons. The molecule has 0 bridgehead atoms. The number of carbonyl (C=O) groups excluding carboxylic acids is 1. The number of hydrogen-bond donors (Lipinski definition) is 2. The van der Waals surface area contributed by atoms with Crippen molar-refractivity contribution in [3.05, 3.63) is 12.2 Å². The van der Waals surface area contributed by atoms with Crippen LogP contribution in [-0.4, -0.2) is 35.5 Å². The van der Waals surface area contributed by atoms with E-state index in [1.165, 1.54) is 57.8 Å². The van der Waals surface area contributed by atoms with Crippen LogP contribution in [0.5, 0.6) is 0 Å². The SMILES string of the molecule is CCCCCCCC/C=C\CCCCCCCC(=O)OCC(O)CO.[Ag]. The summed E-state index contributed by atoms with van der Waals surface area (Å²) in [6.07, 6.45) is 20.1. The number of ether oxygens (including phenoxy) is 1. The number of unbranched alkanes of at least 4 members (excludes halogenated alkanes) is 11. The van der Waals surface area contributed by atoms with Crippen LogP contribution in [0.25, 0.3) is 0 Å². The van der Waals surface area contributed by atoms with Gasteiger partial charge in [0.25, 0.3) is 0 Å². The second kappa shape index (κ2) is 22.9. The largest absolute Gasteiger partial charge is 0.463 e. The monoisotopic (exact) mass is 463 g/mol. The molecule has 0 saturated carbocycles. The van der Waals surface area contributed by atoms with Gasteiger partial charge in [-0.2, -0.15) is 0 Å². The van der Waals surface area contributed by atoms with Gasteiger partial charge >= 0.3 is 5.97 Å². The maximum Gasteiger partial charge on any atom is 0.305 e. The van der Waals surface area contributed by atoms with Crippen molar-refractivity contribution in [1.82, 2.24) is 0 Å². The van der Waals surface area contributed by atoms with E-state index >= 15 is 0 Å². The Bertz CT molecular complexity index is 321. The zero-order chi connectivity index (χ0) is 18.6. The van der Waals surface area contributed by atoms with Crippen LogP contribution in [-0.2, 0) is 31.9 Å². The van der Waals surface area contributed by atoms with Crippen molar-refractivity contribution in [2.45, 2.75) is 103 Å². The van der Waals surface area contributed by atoms with E-state index in [4.69, 9.17) is 14.9 Å². The first-order chi connectivity index (χ1) is 12.2. The van der Waals surface area contributed by atoms with E-state index in [-0.39, 0.29) is 41.6 Å². The van der Waals surface area contributed by atoms with Crippen LogP contribution in [0.2, 0.25) is 0 Å². The smallest absolute Gasteiger partial charge is 0.305 e. The van der Waals surface area contributed by atoms with E-state index in [9.17, 15) is 4.79 Å². The van der Waals surface area contributed by atoms with Gasteiger partial charge in [-0.3, -0.25) is 4.79 Å². The molecule has 0 aliphatic rings. The molecule has 159 valence electrons. The maximum absolute atomic E-state index is 11.4. The molecule has 0 aromatic rings. The average molecular weight is 464 g/mol. The van der Waals surface area contributed by atoms with E-state index in [0.717, 1.165) is 25.7 Å². The quantitative estimate of drug-likeness (QED) is 0.131. The molecule has 0 aliphatic heterocycles. The molecular formula is C21H40AgO4. The molecule has 0 amide bonds. The molecule has 2 N–H and O–H groups in total. The van der Waals surface area contributed by atoms with Gasteiger partial charge in [-0.05, 0) is 32.1 Å². The van der Waals surface area contributed by atoms with Gasteiger partial charge in [0.05, 0.1) is 6.61 Å². The Kier molecular flexibility index (Phi) is 24.7. The summed E-state index contributed by atoms with van der Waals surface area (Å²) in [7, 11) is 0. The minimum Gasteiger partial charge on any atom is -0.463 e. The van der Waals surface area contributed by atoms with Crippen LogP contribution >= 0.6 is 0 Å². The fraction of sp³-hybridized carbons (Fsp3) is 0.857. The van der Waals surface area contributed by atoms with Gasteiger partial charge in [-0.25, -0.2) is 0 Å². The van der Waals surface area contributed by atoms with Gasteiger partial charge in [-0.15, -0.1) is 0 Å². The average Bonchev–Trinajstić information content (AvgIpc) is 2.62. The molecule has 1 atom stereocenters. The molecule has 4 nitrogen and oxygen atoms in total. The Morgan fingerprint density at radius 1 is 0.885 bits per heavy atom. The second-order valence-electron chi connectivity index (χ2n) is 6.85. The van der Waals surface area contributed by atoms with Gasteiger partial charge in [0.1, 0.15) is 12.7 Å². The van der Waals surface area contributed by atoms with Crippen LogP contribution in [0.15, 0.2) is 12.2 Å². The van der Waals surface area contributed by atoms with E-state index in [1.54, 1.807) is 0 Å². The van der Waals surface area contributed by atoms with E-state index < -0.39 is 6.10 Å². The molecule has 0 spiro atoms. The standard InChI is InChI=1S/C21H40O4.Ag/c1-2-3-4-5-6-7-8-9-10-11-12-13-14-15-16-17-21(24)25-19-20(23)18-22;/h9-10,20,22-23H,2-8,11-19H2,1H3;/b10-9-;. The first-order valence-corrected chi connectivity index (χ1v) is 10.3. The number of aliphatic hydroxyl groups excluding tert-OH is 2. The van der Waals surface area contributed by atoms with E-state index in [2.05, 4.69) is 19.1 Å². The molecule has 0 fully saturated rings. The van der Waals surface area contributed by atoms with Crippen molar-refractivity contribution >= 4 is 5.97 Å². The minimum atomic E-state index is -0.960. The minimum absolute atomic E-state index is 0. The maximum atomic E-state index is 11.4. The summed E-state index contributed by atoms with van der Waals surface area (Å²) >= 11 is 0. The molecule has 0 heterocycles. The summed E-state index contributed by atoms with van der Waals surface area (Å²) in [5, 5.41) is 17.7. The Balaban J connectivity index is 0. The molecule has 5 heteroatoms. The third-order valence-electron chi connectivity index (χ3n) is 4.29. The zero-order valence-corrected chi connectivity index (χ0v) is 18.0. The van der Waals surface area contributed by atoms with Gasteiger partial charge in [0.15, 0.2) is 0 Å². The Labute approximate surface area is 176 Å². The summed E-state index contributed by atoms with van der Waals surface area (Å²) in [5.41, 5.74) is 0. The topological polar surface area (TPSA) is 66.8 Å². The molecule has 0 saturated heterocycles. The summed E-state index contributed by atoms with van der Waals surface area (Å²) in [6, 6.07) is 0. The predicted octanol–water partition coefficient (Wildman–Crippen LogP) is 4.92. The molecule has 0 aromatic carbocycles. The molecule has 0 aromatic heterocycles. The first kappa shape index (κ1) is 28.1. The van der Waals surface area contributed by atoms with Gasteiger partial charge in [0.2, 0.25) is 0 Å². The predicted molar refractivity (Wildman–Crippen MR) is 104 cm³/mol. The Hall–Kier alpha value is -0.130. The van der Waals surface area contributed by atoms with E-state index in [1.807, 2.05) is 0 Å². The summed E-state index contributed by atoms with van der Waals surface area (Å²) < 4.78 is 4.86. The second-order valence-corrected chi connectivity index (χ2v) is 6.85. The number of rotatable bonds is 18. The number of esters is 1.